The number of aromatic nitrogens is 7. The maximum atomic E-state index is 14.2. The van der Waals surface area contributed by atoms with Crippen molar-refractivity contribution >= 4 is 23.2 Å². The molecule has 170 valence electrons. The Labute approximate surface area is 199 Å². The standard InChI is InChI=1S/C24H20ClFN8/c1-32-22(6-7-28-32)29-21-12-17(18(25)13-27-21)16-10-20-24-31-30-23(34(24)9-8-33(20)14-16)11-15-4-2-3-5-19(15)26/h2-7,10,12-14H,8-9,11H2,1H3,(H,27,29). The molecule has 5 heterocycles. The minimum Gasteiger partial charge on any atom is -0.342 e. The molecule has 1 aliphatic heterocycles. The fraction of sp³-hybridized carbons (Fsp3) is 0.167. The largest absolute Gasteiger partial charge is 0.342 e. The number of nitrogens with zero attached hydrogens (tertiary/aromatic N) is 7. The maximum Gasteiger partial charge on any atom is 0.180 e. The Morgan fingerprint density at radius 3 is 2.82 bits per heavy atom. The Kier molecular flexibility index (Phi) is 4.91. The first kappa shape index (κ1) is 20.6. The second kappa shape index (κ2) is 8.11. The molecule has 8 nitrogen and oxygen atoms in total. The summed E-state index contributed by atoms with van der Waals surface area (Å²) < 4.78 is 20.1. The minimum absolute atomic E-state index is 0.232. The van der Waals surface area contributed by atoms with E-state index in [1.165, 1.54) is 6.07 Å². The molecule has 5 aromatic rings. The zero-order valence-electron chi connectivity index (χ0n) is 18.3. The van der Waals surface area contributed by atoms with E-state index in [9.17, 15) is 4.39 Å². The number of halogens is 2. The lowest BCUT2D eigenvalue weighted by molar-refractivity contribution is 0.540. The smallest absolute Gasteiger partial charge is 0.180 e. The average molecular weight is 475 g/mol. The zero-order valence-corrected chi connectivity index (χ0v) is 19.0. The van der Waals surface area contributed by atoms with Gasteiger partial charge in [0.05, 0.1) is 16.9 Å². The van der Waals surface area contributed by atoms with E-state index in [0.29, 0.717) is 29.4 Å². The lowest BCUT2D eigenvalue weighted by Crippen LogP contribution is -2.17. The molecule has 4 aromatic heterocycles. The van der Waals surface area contributed by atoms with Gasteiger partial charge in [-0.25, -0.2) is 9.37 Å². The highest BCUT2D eigenvalue weighted by molar-refractivity contribution is 6.33. The Morgan fingerprint density at radius 1 is 1.12 bits per heavy atom. The quantitative estimate of drug-likeness (QED) is 0.400. The molecule has 0 saturated heterocycles. The van der Waals surface area contributed by atoms with Crippen molar-refractivity contribution in [1.29, 1.82) is 0 Å². The average Bonchev–Trinajstić information content (AvgIpc) is 3.55. The summed E-state index contributed by atoms with van der Waals surface area (Å²) in [5.41, 5.74) is 3.38. The van der Waals surface area contributed by atoms with Crippen molar-refractivity contribution in [1.82, 2.24) is 34.1 Å². The second-order valence-corrected chi connectivity index (χ2v) is 8.59. The second-order valence-electron chi connectivity index (χ2n) is 8.18. The fourth-order valence-corrected chi connectivity index (χ4v) is 4.51. The van der Waals surface area contributed by atoms with Crippen LogP contribution in [0.5, 0.6) is 0 Å². The summed E-state index contributed by atoms with van der Waals surface area (Å²) in [5.74, 6) is 2.78. The van der Waals surface area contributed by atoms with Gasteiger partial charge in [-0.1, -0.05) is 29.8 Å². The van der Waals surface area contributed by atoms with Crippen LogP contribution in [-0.2, 0) is 26.6 Å². The topological polar surface area (TPSA) is 78.4 Å². The fourth-order valence-electron chi connectivity index (χ4n) is 4.30. The van der Waals surface area contributed by atoms with Crippen LogP contribution in [0.2, 0.25) is 5.02 Å². The van der Waals surface area contributed by atoms with E-state index in [4.69, 9.17) is 11.6 Å². The molecule has 0 radical (unpaired) electrons. The molecule has 1 aromatic carbocycles. The van der Waals surface area contributed by atoms with Gasteiger partial charge in [-0.15, -0.1) is 10.2 Å². The van der Waals surface area contributed by atoms with Gasteiger partial charge in [-0.05, 0) is 23.8 Å². The molecular formula is C24H20ClFN8. The third-order valence-electron chi connectivity index (χ3n) is 6.07. The highest BCUT2D eigenvalue weighted by Gasteiger charge is 2.24. The van der Waals surface area contributed by atoms with Gasteiger partial charge in [-0.2, -0.15) is 5.10 Å². The summed E-state index contributed by atoms with van der Waals surface area (Å²) in [5, 5.41) is 16.8. The lowest BCUT2D eigenvalue weighted by Gasteiger charge is -2.18. The van der Waals surface area contributed by atoms with Crippen LogP contribution in [-0.4, -0.2) is 34.1 Å². The van der Waals surface area contributed by atoms with Crippen molar-refractivity contribution in [2.45, 2.75) is 19.5 Å². The molecule has 0 amide bonds. The first-order chi connectivity index (χ1) is 16.6. The van der Waals surface area contributed by atoms with Crippen LogP contribution in [0.4, 0.5) is 16.0 Å². The number of hydrogen-bond donors (Lipinski definition) is 1. The normalized spacial score (nSPS) is 12.4. The summed E-state index contributed by atoms with van der Waals surface area (Å²) in [4.78, 5) is 4.40. The number of nitrogens with one attached hydrogen (secondary N) is 1. The van der Waals surface area contributed by atoms with Crippen LogP contribution in [0.1, 0.15) is 11.4 Å². The van der Waals surface area contributed by atoms with Crippen molar-refractivity contribution in [3.8, 4) is 22.6 Å². The van der Waals surface area contributed by atoms with E-state index in [0.717, 1.165) is 40.8 Å². The summed E-state index contributed by atoms with van der Waals surface area (Å²) in [7, 11) is 1.86. The summed E-state index contributed by atoms with van der Waals surface area (Å²) in [6.07, 6.45) is 5.82. The van der Waals surface area contributed by atoms with Gasteiger partial charge in [-0.3, -0.25) is 4.68 Å². The summed E-state index contributed by atoms with van der Waals surface area (Å²) in [6, 6.07) is 12.6. The molecule has 0 bridgehead atoms. The zero-order chi connectivity index (χ0) is 23.2. The molecule has 0 saturated carbocycles. The molecular weight excluding hydrogens is 455 g/mol. The van der Waals surface area contributed by atoms with E-state index < -0.39 is 0 Å². The van der Waals surface area contributed by atoms with Crippen LogP contribution >= 0.6 is 11.6 Å². The van der Waals surface area contributed by atoms with Gasteiger partial charge in [0.25, 0.3) is 0 Å². The molecule has 0 atom stereocenters. The summed E-state index contributed by atoms with van der Waals surface area (Å²) >= 11 is 6.53. The molecule has 0 spiro atoms. The number of hydrogen-bond acceptors (Lipinski definition) is 5. The Bertz CT molecular complexity index is 1520. The van der Waals surface area contributed by atoms with E-state index in [1.54, 1.807) is 29.2 Å². The van der Waals surface area contributed by atoms with Crippen LogP contribution in [0.15, 0.2) is 61.1 Å². The number of fused-ring (bicyclic) bond motifs is 3. The van der Waals surface area contributed by atoms with Crippen molar-refractivity contribution in [2.75, 3.05) is 5.32 Å². The monoisotopic (exact) mass is 474 g/mol. The van der Waals surface area contributed by atoms with Crippen LogP contribution in [0.3, 0.4) is 0 Å². The van der Waals surface area contributed by atoms with Crippen LogP contribution in [0, 0.1) is 5.82 Å². The number of aryl methyl sites for hydroxylation is 2. The Hall–Kier alpha value is -3.98. The molecule has 34 heavy (non-hydrogen) atoms. The third-order valence-corrected chi connectivity index (χ3v) is 6.37. The van der Waals surface area contributed by atoms with Crippen LogP contribution < -0.4 is 5.32 Å². The van der Waals surface area contributed by atoms with Gasteiger partial charge in [0, 0.05) is 56.1 Å². The maximum absolute atomic E-state index is 14.2. The molecule has 0 unspecified atom stereocenters. The molecule has 6 rings (SSSR count). The number of benzene rings is 1. The van der Waals surface area contributed by atoms with Gasteiger partial charge in [0.2, 0.25) is 0 Å². The third kappa shape index (κ3) is 3.54. The van der Waals surface area contributed by atoms with Crippen molar-refractivity contribution in [2.24, 2.45) is 7.05 Å². The number of pyridine rings is 1. The minimum atomic E-state index is -0.232. The summed E-state index contributed by atoms with van der Waals surface area (Å²) in [6.45, 7) is 1.47. The molecule has 1 N–H and O–H groups in total. The predicted octanol–water partition coefficient (Wildman–Crippen LogP) is 4.68. The van der Waals surface area contributed by atoms with E-state index in [1.807, 2.05) is 25.2 Å². The van der Waals surface area contributed by atoms with Crippen molar-refractivity contribution in [3.63, 3.8) is 0 Å². The molecule has 1 aliphatic rings. The molecule has 0 fully saturated rings. The number of rotatable bonds is 5. The van der Waals surface area contributed by atoms with Crippen molar-refractivity contribution < 1.29 is 4.39 Å². The predicted molar refractivity (Wildman–Crippen MR) is 127 cm³/mol. The SMILES string of the molecule is Cn1nccc1Nc1cc(-c2cc3n(c2)CCn2c(Cc4ccccc4F)nnc2-3)c(Cl)cn1. The lowest BCUT2D eigenvalue weighted by atomic mass is 10.1. The molecule has 10 heteroatoms. The number of anilines is 2. The van der Waals surface area contributed by atoms with Gasteiger partial charge in [0.15, 0.2) is 5.82 Å². The Morgan fingerprint density at radius 2 is 2.00 bits per heavy atom. The highest BCUT2D eigenvalue weighted by atomic mass is 35.5. The first-order valence-electron chi connectivity index (χ1n) is 10.8. The van der Waals surface area contributed by atoms with Gasteiger partial charge in [0.1, 0.15) is 23.3 Å². The van der Waals surface area contributed by atoms with Crippen LogP contribution in [0.25, 0.3) is 22.6 Å². The molecule has 0 aliphatic carbocycles. The highest BCUT2D eigenvalue weighted by Crippen LogP contribution is 2.35. The van der Waals surface area contributed by atoms with Crippen molar-refractivity contribution in [3.05, 3.63) is 83.3 Å². The first-order valence-corrected chi connectivity index (χ1v) is 11.2. The Balaban J connectivity index is 1.33. The van der Waals surface area contributed by atoms with E-state index in [2.05, 4.69) is 47.0 Å². The van der Waals surface area contributed by atoms with Gasteiger partial charge >= 0.3 is 0 Å². The van der Waals surface area contributed by atoms with E-state index >= 15 is 0 Å². The van der Waals surface area contributed by atoms with E-state index in [-0.39, 0.29) is 5.82 Å². The van der Waals surface area contributed by atoms with Gasteiger partial charge < -0.3 is 14.5 Å².